The minimum atomic E-state index is -1.07. The molecule has 1 spiro atoms. The van der Waals surface area contributed by atoms with Crippen molar-refractivity contribution < 1.29 is 24.2 Å². The van der Waals surface area contributed by atoms with E-state index in [1.54, 1.807) is 33.9 Å². The number of aliphatic hydroxyl groups excluding tert-OH is 1. The predicted octanol–water partition coefficient (Wildman–Crippen LogP) is 2.35. The first-order chi connectivity index (χ1) is 16.5. The third-order valence-corrected chi connectivity index (χ3v) is 8.38. The van der Waals surface area contributed by atoms with Gasteiger partial charge in [-0.1, -0.05) is 28.1 Å². The van der Waals surface area contributed by atoms with Crippen molar-refractivity contribution in [2.75, 3.05) is 33.3 Å². The van der Waals surface area contributed by atoms with Crippen molar-refractivity contribution in [1.82, 2.24) is 14.7 Å². The quantitative estimate of drug-likeness (QED) is 0.241. The van der Waals surface area contributed by atoms with Crippen LogP contribution in [0.2, 0.25) is 0 Å². The van der Waals surface area contributed by atoms with Crippen molar-refractivity contribution in [1.29, 1.82) is 0 Å². The van der Waals surface area contributed by atoms with Gasteiger partial charge in [-0.15, -0.1) is 13.2 Å². The zero-order chi connectivity index (χ0) is 26.1. The van der Waals surface area contributed by atoms with Crippen molar-refractivity contribution in [2.24, 2.45) is 11.8 Å². The molecule has 0 aliphatic carbocycles. The summed E-state index contributed by atoms with van der Waals surface area (Å²) in [5, 5.41) is 9.18. The Morgan fingerprint density at radius 1 is 1.20 bits per heavy atom. The van der Waals surface area contributed by atoms with Gasteiger partial charge in [0.05, 0.1) is 17.9 Å². The second-order valence-electron chi connectivity index (χ2n) is 10.9. The van der Waals surface area contributed by atoms with Crippen LogP contribution in [0.1, 0.15) is 46.5 Å². The molecule has 3 unspecified atom stereocenters. The second-order valence-corrected chi connectivity index (χ2v) is 12.1. The van der Waals surface area contributed by atoms with Crippen molar-refractivity contribution in [3.63, 3.8) is 0 Å². The van der Waals surface area contributed by atoms with Crippen LogP contribution < -0.4 is 0 Å². The molecule has 9 heteroatoms. The molecule has 3 heterocycles. The zero-order valence-electron chi connectivity index (χ0n) is 21.4. The standard InChI is InChI=1S/C26H40BrN3O5/c1-7-12-28(6)22(32)18-19-23(33)29(14-10-9-11-15-31)21(26(19)16-17(27)20(18)35-26)24(34)30(13-8-2)25(3,4)5/h7-8,17-21,31H,1-2,9-16H2,3-6H3/t17?,18-,19+,20-,21?,26?/m1/s1. The summed E-state index contributed by atoms with van der Waals surface area (Å²) in [6, 6.07) is -0.819. The monoisotopic (exact) mass is 553 g/mol. The minimum absolute atomic E-state index is 0.0856. The van der Waals surface area contributed by atoms with Crippen molar-refractivity contribution in [3.05, 3.63) is 25.3 Å². The number of alkyl halides is 1. The van der Waals surface area contributed by atoms with Gasteiger partial charge in [0, 0.05) is 43.7 Å². The Kier molecular flexibility index (Phi) is 8.54. The van der Waals surface area contributed by atoms with Crippen LogP contribution in [-0.2, 0) is 19.1 Å². The van der Waals surface area contributed by atoms with E-state index in [9.17, 15) is 19.5 Å². The molecule has 3 aliphatic rings. The second kappa shape index (κ2) is 10.7. The lowest BCUT2D eigenvalue weighted by Gasteiger charge is -2.42. The maximum atomic E-state index is 14.2. The highest BCUT2D eigenvalue weighted by Gasteiger charge is 2.76. The number of unbranched alkanes of at least 4 members (excludes halogenated alkanes) is 2. The largest absolute Gasteiger partial charge is 0.396 e. The molecule has 1 N–H and O–H groups in total. The Morgan fingerprint density at radius 3 is 2.43 bits per heavy atom. The smallest absolute Gasteiger partial charge is 0.249 e. The number of likely N-dealkylation sites (N-methyl/N-ethyl adjacent to an activating group) is 1. The van der Waals surface area contributed by atoms with Gasteiger partial charge in [0.15, 0.2) is 0 Å². The van der Waals surface area contributed by atoms with Gasteiger partial charge in [0.1, 0.15) is 11.6 Å². The number of ether oxygens (including phenoxy) is 1. The van der Waals surface area contributed by atoms with Gasteiger partial charge in [0.25, 0.3) is 0 Å². The Bertz CT molecular complexity index is 858. The van der Waals surface area contributed by atoms with Gasteiger partial charge in [-0.3, -0.25) is 14.4 Å². The third kappa shape index (κ3) is 4.83. The molecule has 3 aliphatic heterocycles. The van der Waals surface area contributed by atoms with Crippen LogP contribution in [0.4, 0.5) is 0 Å². The lowest BCUT2D eigenvalue weighted by atomic mass is 9.70. The predicted molar refractivity (Wildman–Crippen MR) is 138 cm³/mol. The molecule has 0 aromatic carbocycles. The van der Waals surface area contributed by atoms with Gasteiger partial charge in [0.2, 0.25) is 17.7 Å². The van der Waals surface area contributed by atoms with Crippen LogP contribution in [0.15, 0.2) is 25.3 Å². The minimum Gasteiger partial charge on any atom is -0.396 e. The van der Waals surface area contributed by atoms with Gasteiger partial charge < -0.3 is 24.5 Å². The van der Waals surface area contributed by atoms with Gasteiger partial charge in [-0.2, -0.15) is 0 Å². The van der Waals surface area contributed by atoms with Crippen molar-refractivity contribution >= 4 is 33.7 Å². The van der Waals surface area contributed by atoms with Crippen LogP contribution in [0, 0.1) is 11.8 Å². The molecule has 8 nitrogen and oxygen atoms in total. The molecule has 3 amide bonds. The number of hydrogen-bond donors (Lipinski definition) is 1. The number of likely N-dealkylation sites (tertiary alicyclic amines) is 1. The lowest BCUT2D eigenvalue weighted by Crippen LogP contribution is -2.60. The van der Waals surface area contributed by atoms with E-state index >= 15 is 0 Å². The number of hydrogen-bond acceptors (Lipinski definition) is 5. The number of amides is 3. The zero-order valence-corrected chi connectivity index (χ0v) is 23.0. The number of rotatable bonds is 11. The third-order valence-electron chi connectivity index (χ3n) is 7.53. The highest BCUT2D eigenvalue weighted by atomic mass is 79.9. The van der Waals surface area contributed by atoms with Crippen LogP contribution in [0.3, 0.4) is 0 Å². The first-order valence-electron chi connectivity index (χ1n) is 12.5. The molecule has 0 saturated carbocycles. The summed E-state index contributed by atoms with van der Waals surface area (Å²) in [5.74, 6) is -1.90. The van der Waals surface area contributed by atoms with Gasteiger partial charge in [-0.05, 0) is 46.5 Å². The molecule has 6 atom stereocenters. The number of fused-ring (bicyclic) bond motifs is 1. The maximum absolute atomic E-state index is 14.2. The number of nitrogens with zero attached hydrogens (tertiary/aromatic N) is 3. The highest BCUT2D eigenvalue weighted by Crippen LogP contribution is 2.60. The number of halogens is 1. The van der Waals surface area contributed by atoms with Gasteiger partial charge in [-0.25, -0.2) is 0 Å². The molecule has 0 aromatic heterocycles. The van der Waals surface area contributed by atoms with E-state index in [2.05, 4.69) is 29.1 Å². The molecular formula is C26H40BrN3O5. The SMILES string of the molecule is C=CCN(C)C(=O)[C@H]1[C@@H]2OC3(CC2Br)C(C(=O)N(CC=C)C(C)(C)C)N(CCCCCO)C(=O)[C@H]13. The van der Waals surface area contributed by atoms with Crippen molar-refractivity contribution in [3.8, 4) is 0 Å². The normalized spacial score (nSPS) is 31.4. The van der Waals surface area contributed by atoms with E-state index in [1.807, 2.05) is 20.8 Å². The topological polar surface area (TPSA) is 90.4 Å². The first kappa shape index (κ1) is 27.9. The molecular weight excluding hydrogens is 514 g/mol. The summed E-state index contributed by atoms with van der Waals surface area (Å²) >= 11 is 3.71. The molecule has 196 valence electrons. The van der Waals surface area contributed by atoms with E-state index in [0.29, 0.717) is 38.9 Å². The van der Waals surface area contributed by atoms with Gasteiger partial charge >= 0.3 is 0 Å². The molecule has 0 radical (unpaired) electrons. The van der Waals surface area contributed by atoms with Crippen LogP contribution in [0.25, 0.3) is 0 Å². The number of carbonyl (C=O) groups excluding carboxylic acids is 3. The summed E-state index contributed by atoms with van der Waals surface area (Å²) in [5.41, 5.74) is -1.56. The van der Waals surface area contributed by atoms with E-state index in [4.69, 9.17) is 4.74 Å². The summed E-state index contributed by atoms with van der Waals surface area (Å²) in [6.45, 7) is 14.6. The highest BCUT2D eigenvalue weighted by molar-refractivity contribution is 9.09. The first-order valence-corrected chi connectivity index (χ1v) is 13.4. The van der Waals surface area contributed by atoms with E-state index < -0.39 is 35.1 Å². The number of carbonyl (C=O) groups is 3. The van der Waals surface area contributed by atoms with E-state index in [-0.39, 0.29) is 29.2 Å². The van der Waals surface area contributed by atoms with E-state index in [1.165, 1.54) is 0 Å². The molecule has 3 rings (SSSR count). The van der Waals surface area contributed by atoms with Crippen LogP contribution in [-0.4, -0.2) is 98.9 Å². The lowest BCUT2D eigenvalue weighted by molar-refractivity contribution is -0.151. The molecule has 3 fully saturated rings. The van der Waals surface area contributed by atoms with Crippen LogP contribution in [0.5, 0.6) is 0 Å². The van der Waals surface area contributed by atoms with E-state index in [0.717, 1.165) is 6.42 Å². The molecule has 35 heavy (non-hydrogen) atoms. The average Bonchev–Trinajstić information content (AvgIpc) is 3.37. The average molecular weight is 555 g/mol. The van der Waals surface area contributed by atoms with Crippen LogP contribution >= 0.6 is 15.9 Å². The Balaban J connectivity index is 2.05. The Morgan fingerprint density at radius 2 is 1.86 bits per heavy atom. The summed E-state index contributed by atoms with van der Waals surface area (Å²) in [6.07, 6.45) is 5.39. The molecule has 3 saturated heterocycles. The summed E-state index contributed by atoms with van der Waals surface area (Å²) < 4.78 is 6.57. The summed E-state index contributed by atoms with van der Waals surface area (Å²) in [7, 11) is 1.70. The molecule has 2 bridgehead atoms. The van der Waals surface area contributed by atoms with Crippen molar-refractivity contribution in [2.45, 2.75) is 74.6 Å². The Labute approximate surface area is 217 Å². The Hall–Kier alpha value is -1.71. The fourth-order valence-corrected chi connectivity index (χ4v) is 6.95. The fourth-order valence-electron chi connectivity index (χ4n) is 6.01. The summed E-state index contributed by atoms with van der Waals surface area (Å²) in [4.78, 5) is 46.5. The molecule has 0 aromatic rings. The number of aliphatic hydroxyl groups is 1. The maximum Gasteiger partial charge on any atom is 0.249 e. The fraction of sp³-hybridized carbons (Fsp3) is 0.731.